The molecule has 0 aliphatic rings. The summed E-state index contributed by atoms with van der Waals surface area (Å²) in [5.74, 6) is 0.221. The summed E-state index contributed by atoms with van der Waals surface area (Å²) in [4.78, 5) is 3.76. The summed E-state index contributed by atoms with van der Waals surface area (Å²) < 4.78 is 37.7. The molecule has 0 bridgehead atoms. The number of anilines is 4. The number of halogens is 5. The minimum atomic E-state index is -4.39. The first-order valence-corrected chi connectivity index (χ1v) is 8.27. The minimum Gasteiger partial charge on any atom is -0.399 e. The Morgan fingerprint density at radius 3 is 2.22 bits per heavy atom. The highest BCUT2D eigenvalue weighted by atomic mass is 35.5. The molecule has 0 saturated heterocycles. The van der Waals surface area contributed by atoms with E-state index in [0.717, 1.165) is 12.1 Å². The summed E-state index contributed by atoms with van der Waals surface area (Å²) >= 11 is 11.4. The molecule has 9 heteroatoms. The molecule has 3 aromatic rings. The topological polar surface area (TPSA) is 77.0 Å². The second-order valence-corrected chi connectivity index (χ2v) is 6.19. The van der Waals surface area contributed by atoms with Gasteiger partial charge in [-0.1, -0.05) is 35.3 Å². The number of pyridine rings is 1. The number of hydrogen-bond acceptors (Lipinski definition) is 4. The van der Waals surface area contributed by atoms with Gasteiger partial charge in [-0.15, -0.1) is 0 Å². The molecule has 142 valence electrons. The van der Waals surface area contributed by atoms with Crippen LogP contribution >= 0.6 is 23.2 Å². The molecule has 2 aromatic carbocycles. The standard InChI is InChI=1S/C12H9ClF3N3.C6H6ClN/c13-9-6-18-11(17)5-10(9)19-8-3-1-2-7(4-8)12(14,15)16;7-5-2-1-3-6(8)4-5/h1-6H,(H3,17,18,19);1-4H,8H2. The normalized spacial score (nSPS) is 10.7. The molecular weight excluding hydrogens is 400 g/mol. The average molecular weight is 415 g/mol. The lowest BCUT2D eigenvalue weighted by Crippen LogP contribution is -2.05. The van der Waals surface area contributed by atoms with E-state index in [-0.39, 0.29) is 16.5 Å². The van der Waals surface area contributed by atoms with E-state index in [9.17, 15) is 13.2 Å². The first kappa shape index (κ1) is 20.7. The fourth-order valence-corrected chi connectivity index (χ4v) is 2.34. The van der Waals surface area contributed by atoms with Crippen molar-refractivity contribution in [3.8, 4) is 0 Å². The van der Waals surface area contributed by atoms with Crippen LogP contribution in [0.2, 0.25) is 10.0 Å². The summed E-state index contributed by atoms with van der Waals surface area (Å²) in [7, 11) is 0. The molecule has 0 saturated carbocycles. The van der Waals surface area contributed by atoms with Crippen molar-refractivity contribution in [1.82, 2.24) is 4.98 Å². The molecule has 3 rings (SSSR count). The second kappa shape index (κ2) is 8.83. The zero-order chi connectivity index (χ0) is 20.0. The maximum Gasteiger partial charge on any atom is 0.416 e. The van der Waals surface area contributed by atoms with Gasteiger partial charge in [0.2, 0.25) is 0 Å². The van der Waals surface area contributed by atoms with Crippen molar-refractivity contribution in [2.24, 2.45) is 0 Å². The number of aromatic nitrogens is 1. The average Bonchev–Trinajstić information content (AvgIpc) is 2.58. The number of nitrogens with one attached hydrogen (secondary N) is 1. The van der Waals surface area contributed by atoms with Gasteiger partial charge < -0.3 is 16.8 Å². The molecule has 0 unspecified atom stereocenters. The van der Waals surface area contributed by atoms with Crippen LogP contribution in [0.5, 0.6) is 0 Å². The van der Waals surface area contributed by atoms with Crippen LogP contribution in [0, 0.1) is 0 Å². The van der Waals surface area contributed by atoms with Gasteiger partial charge in [0.15, 0.2) is 0 Å². The van der Waals surface area contributed by atoms with Gasteiger partial charge in [0, 0.05) is 28.7 Å². The van der Waals surface area contributed by atoms with Gasteiger partial charge in [-0.2, -0.15) is 13.2 Å². The Kier molecular flexibility index (Phi) is 6.76. The van der Waals surface area contributed by atoms with Gasteiger partial charge in [0.05, 0.1) is 16.3 Å². The van der Waals surface area contributed by atoms with E-state index in [0.29, 0.717) is 16.4 Å². The molecule has 0 spiro atoms. The van der Waals surface area contributed by atoms with Crippen LogP contribution in [0.1, 0.15) is 5.56 Å². The van der Waals surface area contributed by atoms with Crippen LogP contribution in [-0.4, -0.2) is 4.98 Å². The van der Waals surface area contributed by atoms with Crippen LogP contribution in [-0.2, 0) is 6.18 Å². The molecule has 1 heterocycles. The number of rotatable bonds is 2. The van der Waals surface area contributed by atoms with E-state index < -0.39 is 11.7 Å². The summed E-state index contributed by atoms with van der Waals surface area (Å²) in [5, 5.41) is 3.73. The van der Waals surface area contributed by atoms with Crippen LogP contribution in [0.4, 0.5) is 36.1 Å². The van der Waals surface area contributed by atoms with Crippen LogP contribution in [0.3, 0.4) is 0 Å². The van der Waals surface area contributed by atoms with Gasteiger partial charge in [-0.05, 0) is 36.4 Å². The van der Waals surface area contributed by atoms with Crippen LogP contribution in [0.15, 0.2) is 60.8 Å². The molecule has 1 aromatic heterocycles. The van der Waals surface area contributed by atoms with Crippen molar-refractivity contribution in [3.05, 3.63) is 76.4 Å². The van der Waals surface area contributed by atoms with E-state index in [2.05, 4.69) is 10.3 Å². The smallest absolute Gasteiger partial charge is 0.399 e. The molecule has 5 N–H and O–H groups in total. The fourth-order valence-electron chi connectivity index (χ4n) is 1.99. The van der Waals surface area contributed by atoms with Crippen molar-refractivity contribution >= 4 is 46.1 Å². The lowest BCUT2D eigenvalue weighted by Gasteiger charge is -2.11. The predicted molar refractivity (Wildman–Crippen MR) is 104 cm³/mol. The highest BCUT2D eigenvalue weighted by molar-refractivity contribution is 6.33. The van der Waals surface area contributed by atoms with Gasteiger partial charge in [0.25, 0.3) is 0 Å². The Morgan fingerprint density at radius 1 is 0.926 bits per heavy atom. The third-order valence-corrected chi connectivity index (χ3v) is 3.73. The van der Waals surface area contributed by atoms with Gasteiger partial charge in [-0.25, -0.2) is 4.98 Å². The number of hydrogen-bond donors (Lipinski definition) is 3. The molecule has 4 nitrogen and oxygen atoms in total. The Bertz CT molecular complexity index is 900. The number of nitrogen functional groups attached to an aromatic ring is 2. The van der Waals surface area contributed by atoms with Crippen LogP contribution in [0.25, 0.3) is 0 Å². The summed E-state index contributed by atoms with van der Waals surface area (Å²) in [5.41, 5.74) is 11.5. The van der Waals surface area contributed by atoms with E-state index >= 15 is 0 Å². The van der Waals surface area contributed by atoms with E-state index in [4.69, 9.17) is 34.7 Å². The van der Waals surface area contributed by atoms with Crippen molar-refractivity contribution < 1.29 is 13.2 Å². The highest BCUT2D eigenvalue weighted by Crippen LogP contribution is 2.32. The molecular formula is C18H15Cl2F3N4. The van der Waals surface area contributed by atoms with Crippen molar-refractivity contribution in [3.63, 3.8) is 0 Å². The predicted octanol–water partition coefficient (Wildman–Crippen LogP) is 6.00. The molecule has 0 aliphatic heterocycles. The molecule has 0 radical (unpaired) electrons. The fraction of sp³-hybridized carbons (Fsp3) is 0.0556. The lowest BCUT2D eigenvalue weighted by atomic mass is 10.2. The van der Waals surface area contributed by atoms with Crippen molar-refractivity contribution in [2.45, 2.75) is 6.18 Å². The Labute approximate surface area is 163 Å². The van der Waals surface area contributed by atoms with Crippen molar-refractivity contribution in [1.29, 1.82) is 0 Å². The zero-order valence-electron chi connectivity index (χ0n) is 13.8. The zero-order valence-corrected chi connectivity index (χ0v) is 15.3. The van der Waals surface area contributed by atoms with Crippen LogP contribution < -0.4 is 16.8 Å². The number of benzene rings is 2. The van der Waals surface area contributed by atoms with E-state index in [1.165, 1.54) is 24.4 Å². The summed E-state index contributed by atoms with van der Waals surface area (Å²) in [6.45, 7) is 0. The summed E-state index contributed by atoms with van der Waals surface area (Å²) in [6, 6.07) is 13.4. The first-order valence-electron chi connectivity index (χ1n) is 7.51. The molecule has 27 heavy (non-hydrogen) atoms. The molecule has 0 aliphatic carbocycles. The Hall–Kier alpha value is -2.64. The lowest BCUT2D eigenvalue weighted by molar-refractivity contribution is -0.137. The molecule has 0 amide bonds. The monoisotopic (exact) mass is 414 g/mol. The summed E-state index contributed by atoms with van der Waals surface area (Å²) in [6.07, 6.45) is -3.06. The quantitative estimate of drug-likeness (QED) is 0.449. The molecule has 0 fully saturated rings. The largest absolute Gasteiger partial charge is 0.416 e. The maximum absolute atomic E-state index is 12.6. The second-order valence-electron chi connectivity index (χ2n) is 5.35. The Balaban J connectivity index is 0.000000273. The maximum atomic E-state index is 12.6. The molecule has 0 atom stereocenters. The van der Waals surface area contributed by atoms with Gasteiger partial charge in [-0.3, -0.25) is 0 Å². The number of alkyl halides is 3. The number of nitrogens with zero attached hydrogens (tertiary/aromatic N) is 1. The van der Waals surface area contributed by atoms with Gasteiger partial charge >= 0.3 is 6.18 Å². The van der Waals surface area contributed by atoms with E-state index in [1.54, 1.807) is 18.2 Å². The minimum absolute atomic E-state index is 0.221. The van der Waals surface area contributed by atoms with Crippen molar-refractivity contribution in [2.75, 3.05) is 16.8 Å². The highest BCUT2D eigenvalue weighted by Gasteiger charge is 2.30. The third-order valence-electron chi connectivity index (χ3n) is 3.19. The third kappa shape index (κ3) is 6.54. The Morgan fingerprint density at radius 2 is 1.63 bits per heavy atom. The first-order chi connectivity index (χ1) is 12.6. The van der Waals surface area contributed by atoms with E-state index in [1.807, 2.05) is 6.07 Å². The van der Waals surface area contributed by atoms with Gasteiger partial charge in [0.1, 0.15) is 5.82 Å². The number of nitrogens with two attached hydrogens (primary N) is 2. The SMILES string of the molecule is Nc1cc(Nc2cccc(C(F)(F)F)c2)c(Cl)cn1.Nc1cccc(Cl)c1.